The number of nitrogens with zero attached hydrogens (tertiary/aromatic N) is 4. The molecular formula is C18H20F3N5O. The number of H-pyrrole nitrogens is 1. The van der Waals surface area contributed by atoms with Gasteiger partial charge in [-0.05, 0) is 12.5 Å². The number of aromatic amines is 1. The van der Waals surface area contributed by atoms with Crippen LogP contribution >= 0.6 is 0 Å². The van der Waals surface area contributed by atoms with Crippen molar-refractivity contribution in [1.29, 1.82) is 0 Å². The van der Waals surface area contributed by atoms with Crippen LogP contribution in [0, 0.1) is 0 Å². The predicted molar refractivity (Wildman–Crippen MR) is 97.1 cm³/mol. The van der Waals surface area contributed by atoms with Crippen molar-refractivity contribution in [3.05, 3.63) is 51.4 Å². The van der Waals surface area contributed by atoms with Crippen LogP contribution in [0.5, 0.6) is 0 Å². The largest absolute Gasteiger partial charge is 0.348 e. The first-order valence-corrected chi connectivity index (χ1v) is 8.36. The summed E-state index contributed by atoms with van der Waals surface area (Å²) in [6, 6.07) is 5.40. The molecule has 27 heavy (non-hydrogen) atoms. The third-order valence-electron chi connectivity index (χ3n) is 4.44. The topological polar surface area (TPSA) is 66.8 Å². The molecule has 0 fully saturated rings. The second kappa shape index (κ2) is 6.71. The molecule has 0 unspecified atom stereocenters. The molecule has 0 amide bonds. The first kappa shape index (κ1) is 18.9. The Morgan fingerprint density at radius 1 is 1.26 bits per heavy atom. The molecule has 0 radical (unpaired) electrons. The number of hydrogen-bond donors (Lipinski definition) is 1. The van der Waals surface area contributed by atoms with Gasteiger partial charge in [-0.1, -0.05) is 24.3 Å². The number of fused-ring (bicyclic) bond motifs is 1. The van der Waals surface area contributed by atoms with Crippen LogP contribution in [0.15, 0.2) is 29.1 Å². The summed E-state index contributed by atoms with van der Waals surface area (Å²) >= 11 is 0. The van der Waals surface area contributed by atoms with Gasteiger partial charge >= 0.3 is 0 Å². The molecule has 0 aliphatic carbocycles. The smallest absolute Gasteiger partial charge is 0.270 e. The minimum atomic E-state index is -2.93. The molecule has 144 valence electrons. The molecule has 0 aliphatic rings. The lowest BCUT2D eigenvalue weighted by Crippen LogP contribution is -2.20. The lowest BCUT2D eigenvalue weighted by atomic mass is 10.0. The van der Waals surface area contributed by atoms with Crippen LogP contribution in [0.25, 0.3) is 11.0 Å². The summed E-state index contributed by atoms with van der Waals surface area (Å²) in [6.45, 7) is 1.70. The predicted octanol–water partition coefficient (Wildman–Crippen LogP) is 3.38. The highest BCUT2D eigenvalue weighted by Crippen LogP contribution is 2.29. The summed E-state index contributed by atoms with van der Waals surface area (Å²) in [5.74, 6) is -2.62. The number of nitrogens with one attached hydrogen (secondary N) is 1. The van der Waals surface area contributed by atoms with E-state index >= 15 is 0 Å². The monoisotopic (exact) mass is 379 g/mol. The van der Waals surface area contributed by atoms with Gasteiger partial charge in [-0.3, -0.25) is 9.78 Å². The molecule has 1 aromatic carbocycles. The Labute approximate surface area is 153 Å². The zero-order valence-electron chi connectivity index (χ0n) is 15.4. The molecule has 0 spiro atoms. The number of rotatable bonds is 5. The molecule has 2 heterocycles. The summed E-state index contributed by atoms with van der Waals surface area (Å²) in [4.78, 5) is 21.0. The van der Waals surface area contributed by atoms with Gasteiger partial charge in [-0.2, -0.15) is 10.1 Å². The van der Waals surface area contributed by atoms with Gasteiger partial charge in [-0.25, -0.2) is 17.9 Å². The Morgan fingerprint density at radius 3 is 2.41 bits per heavy atom. The lowest BCUT2D eigenvalue weighted by molar-refractivity contribution is 0.0174. The normalized spacial score (nSPS) is 13.1. The van der Waals surface area contributed by atoms with E-state index in [0.717, 1.165) is 6.92 Å². The number of alkyl halides is 3. The maximum Gasteiger partial charge on any atom is 0.270 e. The van der Waals surface area contributed by atoms with E-state index in [4.69, 9.17) is 0 Å². The molecule has 9 heteroatoms. The van der Waals surface area contributed by atoms with Crippen molar-refractivity contribution < 1.29 is 13.2 Å². The first-order chi connectivity index (χ1) is 12.6. The number of hydrogen-bond acceptors (Lipinski definition) is 4. The summed E-state index contributed by atoms with van der Waals surface area (Å²) in [5, 5.41) is 4.30. The zero-order chi connectivity index (χ0) is 19.9. The molecule has 0 saturated carbocycles. The zero-order valence-corrected chi connectivity index (χ0v) is 15.4. The van der Waals surface area contributed by atoms with E-state index in [-0.39, 0.29) is 22.3 Å². The van der Waals surface area contributed by atoms with Gasteiger partial charge in [0.2, 0.25) is 5.95 Å². The molecule has 3 rings (SSSR count). The summed E-state index contributed by atoms with van der Waals surface area (Å²) in [7, 11) is 3.43. The quantitative estimate of drug-likeness (QED) is 0.738. The van der Waals surface area contributed by atoms with Crippen molar-refractivity contribution in [1.82, 2.24) is 19.7 Å². The van der Waals surface area contributed by atoms with Crippen LogP contribution < -0.4 is 10.5 Å². The fraction of sp³-hybridized carbons (Fsp3) is 0.389. The highest BCUT2D eigenvalue weighted by molar-refractivity contribution is 5.78. The van der Waals surface area contributed by atoms with Crippen molar-refractivity contribution in [2.75, 3.05) is 19.0 Å². The average Bonchev–Trinajstić information content (AvgIpc) is 2.99. The minimum absolute atomic E-state index is 0.00684. The highest BCUT2D eigenvalue weighted by atomic mass is 19.3. The Morgan fingerprint density at radius 2 is 1.89 bits per heavy atom. The number of benzene rings is 1. The van der Waals surface area contributed by atoms with E-state index in [9.17, 15) is 18.0 Å². The minimum Gasteiger partial charge on any atom is -0.348 e. The van der Waals surface area contributed by atoms with Crippen molar-refractivity contribution in [2.45, 2.75) is 32.5 Å². The van der Waals surface area contributed by atoms with E-state index < -0.39 is 24.2 Å². The maximum atomic E-state index is 13.4. The molecule has 0 aliphatic heterocycles. The van der Waals surface area contributed by atoms with Crippen LogP contribution in [0.2, 0.25) is 0 Å². The van der Waals surface area contributed by atoms with E-state index in [1.165, 1.54) is 16.8 Å². The molecule has 3 aromatic rings. The Hall–Kier alpha value is -2.84. The second-order valence-corrected chi connectivity index (χ2v) is 6.69. The van der Waals surface area contributed by atoms with E-state index in [1.54, 1.807) is 38.1 Å². The summed E-state index contributed by atoms with van der Waals surface area (Å²) in [5.41, 5.74) is 0.347. The van der Waals surface area contributed by atoms with Gasteiger partial charge in [0.05, 0.1) is 6.04 Å². The van der Waals surface area contributed by atoms with Crippen LogP contribution in [0.1, 0.15) is 36.7 Å². The summed E-state index contributed by atoms with van der Waals surface area (Å²) < 4.78 is 41.7. The van der Waals surface area contributed by atoms with Gasteiger partial charge in [-0.15, -0.1) is 0 Å². The van der Waals surface area contributed by atoms with Crippen LogP contribution in [-0.2, 0) is 12.6 Å². The maximum absolute atomic E-state index is 13.4. The van der Waals surface area contributed by atoms with Crippen LogP contribution in [-0.4, -0.2) is 33.8 Å². The van der Waals surface area contributed by atoms with Crippen molar-refractivity contribution in [3.63, 3.8) is 0 Å². The highest BCUT2D eigenvalue weighted by Gasteiger charge is 2.25. The van der Waals surface area contributed by atoms with Crippen LogP contribution in [0.3, 0.4) is 0 Å². The molecule has 0 saturated heterocycles. The number of halogens is 3. The van der Waals surface area contributed by atoms with E-state index in [1.807, 2.05) is 0 Å². The van der Waals surface area contributed by atoms with E-state index in [2.05, 4.69) is 15.1 Å². The van der Waals surface area contributed by atoms with E-state index in [0.29, 0.717) is 11.5 Å². The first-order valence-electron chi connectivity index (χ1n) is 8.36. The Bertz CT molecular complexity index is 1020. The van der Waals surface area contributed by atoms with Gasteiger partial charge in [0.25, 0.3) is 11.5 Å². The molecule has 2 aromatic heterocycles. The Kier molecular flexibility index (Phi) is 4.71. The van der Waals surface area contributed by atoms with Crippen molar-refractivity contribution >= 4 is 17.0 Å². The van der Waals surface area contributed by atoms with Gasteiger partial charge in [0, 0.05) is 26.6 Å². The third kappa shape index (κ3) is 3.41. The summed E-state index contributed by atoms with van der Waals surface area (Å²) in [6.07, 6.45) is 0. The van der Waals surface area contributed by atoms with Crippen molar-refractivity contribution in [3.8, 4) is 0 Å². The fourth-order valence-electron chi connectivity index (χ4n) is 2.87. The third-order valence-corrected chi connectivity index (χ3v) is 4.44. The van der Waals surface area contributed by atoms with Gasteiger partial charge in [0.1, 0.15) is 17.8 Å². The molecule has 1 N–H and O–H groups in total. The van der Waals surface area contributed by atoms with Gasteiger partial charge < -0.3 is 4.90 Å². The Balaban J connectivity index is 2.14. The lowest BCUT2D eigenvalue weighted by Gasteiger charge is -2.16. The number of anilines is 1. The fourth-order valence-corrected chi connectivity index (χ4v) is 2.87. The molecule has 0 bridgehead atoms. The van der Waals surface area contributed by atoms with Crippen LogP contribution in [0.4, 0.5) is 19.1 Å². The molecule has 1 atom stereocenters. The second-order valence-electron chi connectivity index (χ2n) is 6.69. The van der Waals surface area contributed by atoms with Crippen molar-refractivity contribution in [2.24, 2.45) is 0 Å². The average molecular weight is 379 g/mol. The number of aromatic nitrogens is 4. The molecule has 6 nitrogen and oxygen atoms in total. The standard InChI is InChI=1S/C18H20F3N5O/c1-10(11-5-7-12(8-6-11)18(2,20)21)26-15-14(13(9-19)24-26)16(27)23-17(22-15)25(3)4/h5-8,10H,9H2,1-4H3,(H,22,23,27)/t10-/m0/s1. The SMILES string of the molecule is C[C@@H](c1ccc(C(C)(F)F)cc1)n1nc(CF)c2c(=O)[nH]c(N(C)C)nc21. The molecular weight excluding hydrogens is 359 g/mol. The van der Waals surface area contributed by atoms with Gasteiger partial charge in [0.15, 0.2) is 5.65 Å².